The molecule has 0 aliphatic rings. The second kappa shape index (κ2) is 4.21. The highest BCUT2D eigenvalue weighted by Gasteiger charge is 2.08. The Balaban J connectivity index is 2.64. The molecule has 0 radical (unpaired) electrons. The molecule has 2 aromatic heterocycles. The van der Waals surface area contributed by atoms with Crippen molar-refractivity contribution in [1.82, 2.24) is 9.38 Å². The lowest BCUT2D eigenvalue weighted by Crippen LogP contribution is -2.03. The van der Waals surface area contributed by atoms with Gasteiger partial charge in [-0.2, -0.15) is 0 Å². The predicted molar refractivity (Wildman–Crippen MR) is 62.3 cm³/mol. The maximum absolute atomic E-state index is 5.97. The van der Waals surface area contributed by atoms with E-state index < -0.39 is 0 Å². The fraction of sp³-hybridized carbons (Fsp3) is 0.364. The number of rotatable bonds is 3. The molecule has 2 heterocycles. The van der Waals surface area contributed by atoms with E-state index in [0.717, 1.165) is 34.9 Å². The van der Waals surface area contributed by atoms with Crippen molar-refractivity contribution in [2.75, 3.05) is 6.54 Å². The monoisotopic (exact) mass is 223 g/mol. The molecule has 0 saturated carbocycles. The number of hydrogen-bond donors (Lipinski definition) is 1. The maximum atomic E-state index is 5.97. The summed E-state index contributed by atoms with van der Waals surface area (Å²) in [4.78, 5) is 4.56. The van der Waals surface area contributed by atoms with Crippen molar-refractivity contribution < 1.29 is 0 Å². The number of hydrogen-bond acceptors (Lipinski definition) is 2. The van der Waals surface area contributed by atoms with Crippen LogP contribution in [0, 0.1) is 0 Å². The molecule has 2 rings (SSSR count). The first-order valence-electron chi connectivity index (χ1n) is 5.11. The number of halogens is 1. The van der Waals surface area contributed by atoms with Crippen LogP contribution in [0.15, 0.2) is 18.3 Å². The molecule has 0 aliphatic carbocycles. The third kappa shape index (κ3) is 1.85. The molecule has 0 atom stereocenters. The molecule has 2 N–H and O–H groups in total. The normalized spacial score (nSPS) is 11.1. The van der Waals surface area contributed by atoms with Crippen molar-refractivity contribution >= 4 is 17.1 Å². The van der Waals surface area contributed by atoms with Crippen LogP contribution in [0.1, 0.15) is 18.4 Å². The van der Waals surface area contributed by atoms with Crippen LogP contribution in [-0.2, 0) is 12.8 Å². The molecule has 4 heteroatoms. The molecule has 0 saturated heterocycles. The molecule has 0 aromatic carbocycles. The van der Waals surface area contributed by atoms with Crippen molar-refractivity contribution in [3.05, 3.63) is 34.9 Å². The largest absolute Gasteiger partial charge is 0.330 e. The first-order valence-corrected chi connectivity index (χ1v) is 5.49. The highest BCUT2D eigenvalue weighted by molar-refractivity contribution is 6.30. The molecule has 0 amide bonds. The second-order valence-corrected chi connectivity index (χ2v) is 3.90. The van der Waals surface area contributed by atoms with Crippen LogP contribution in [0.4, 0.5) is 0 Å². The number of pyridine rings is 1. The van der Waals surface area contributed by atoms with Gasteiger partial charge >= 0.3 is 0 Å². The van der Waals surface area contributed by atoms with E-state index in [1.54, 1.807) is 0 Å². The van der Waals surface area contributed by atoms with Gasteiger partial charge in [-0.25, -0.2) is 4.98 Å². The maximum Gasteiger partial charge on any atom is 0.113 e. The SMILES string of the molecule is CCc1nc(CCN)c2cc(Cl)ccn12. The lowest BCUT2D eigenvalue weighted by molar-refractivity contribution is 0.899. The van der Waals surface area contributed by atoms with Crippen LogP contribution >= 0.6 is 11.6 Å². The summed E-state index contributed by atoms with van der Waals surface area (Å²) < 4.78 is 2.08. The Labute approximate surface area is 93.9 Å². The minimum Gasteiger partial charge on any atom is -0.330 e. The van der Waals surface area contributed by atoms with Gasteiger partial charge in [-0.05, 0) is 18.7 Å². The highest BCUT2D eigenvalue weighted by Crippen LogP contribution is 2.18. The van der Waals surface area contributed by atoms with Gasteiger partial charge in [0, 0.05) is 24.1 Å². The van der Waals surface area contributed by atoms with Gasteiger partial charge in [-0.3, -0.25) is 0 Å². The van der Waals surface area contributed by atoms with Crippen molar-refractivity contribution in [2.24, 2.45) is 5.73 Å². The van der Waals surface area contributed by atoms with Gasteiger partial charge in [-0.1, -0.05) is 18.5 Å². The summed E-state index contributed by atoms with van der Waals surface area (Å²) in [6.07, 6.45) is 3.67. The predicted octanol–water partition coefficient (Wildman–Crippen LogP) is 2.05. The molecule has 0 bridgehead atoms. The van der Waals surface area contributed by atoms with Crippen molar-refractivity contribution in [1.29, 1.82) is 0 Å². The topological polar surface area (TPSA) is 43.3 Å². The summed E-state index contributed by atoms with van der Waals surface area (Å²) >= 11 is 5.97. The minimum atomic E-state index is 0.613. The fourth-order valence-corrected chi connectivity index (χ4v) is 1.92. The lowest BCUT2D eigenvalue weighted by atomic mass is 10.2. The highest BCUT2D eigenvalue weighted by atomic mass is 35.5. The summed E-state index contributed by atoms with van der Waals surface area (Å²) in [5.41, 5.74) is 7.67. The zero-order valence-corrected chi connectivity index (χ0v) is 9.46. The zero-order chi connectivity index (χ0) is 10.8. The van der Waals surface area contributed by atoms with Crippen molar-refractivity contribution in [2.45, 2.75) is 19.8 Å². The summed E-state index contributed by atoms with van der Waals surface area (Å²) in [7, 11) is 0. The molecule has 0 unspecified atom stereocenters. The Hall–Kier alpha value is -1.06. The van der Waals surface area contributed by atoms with Gasteiger partial charge in [-0.15, -0.1) is 0 Å². The summed E-state index contributed by atoms with van der Waals surface area (Å²) in [5.74, 6) is 1.06. The van der Waals surface area contributed by atoms with Gasteiger partial charge in [0.05, 0.1) is 11.2 Å². The average Bonchev–Trinajstić information content (AvgIpc) is 2.57. The van der Waals surface area contributed by atoms with E-state index in [0.29, 0.717) is 6.54 Å². The van der Waals surface area contributed by atoms with Crippen molar-refractivity contribution in [3.8, 4) is 0 Å². The van der Waals surface area contributed by atoms with Crippen LogP contribution in [0.5, 0.6) is 0 Å². The van der Waals surface area contributed by atoms with Crippen LogP contribution < -0.4 is 5.73 Å². The number of aryl methyl sites for hydroxylation is 1. The summed E-state index contributed by atoms with van der Waals surface area (Å²) in [5, 5.41) is 0.739. The van der Waals surface area contributed by atoms with E-state index in [-0.39, 0.29) is 0 Å². The fourth-order valence-electron chi connectivity index (χ4n) is 1.76. The number of fused-ring (bicyclic) bond motifs is 1. The first-order chi connectivity index (χ1) is 7.26. The Morgan fingerprint density at radius 2 is 2.33 bits per heavy atom. The Kier molecular flexibility index (Phi) is 2.93. The van der Waals surface area contributed by atoms with Gasteiger partial charge in [0.15, 0.2) is 0 Å². The van der Waals surface area contributed by atoms with Gasteiger partial charge in [0.2, 0.25) is 0 Å². The Bertz CT molecular complexity index is 476. The molecule has 80 valence electrons. The zero-order valence-electron chi connectivity index (χ0n) is 8.70. The van der Waals surface area contributed by atoms with E-state index in [4.69, 9.17) is 17.3 Å². The van der Waals surface area contributed by atoms with E-state index in [1.807, 2.05) is 18.3 Å². The third-order valence-electron chi connectivity index (χ3n) is 2.45. The summed E-state index contributed by atoms with van der Waals surface area (Å²) in [6, 6.07) is 3.82. The molecular formula is C11H14ClN3. The minimum absolute atomic E-state index is 0.613. The summed E-state index contributed by atoms with van der Waals surface area (Å²) in [6.45, 7) is 2.71. The average molecular weight is 224 g/mol. The molecule has 0 fully saturated rings. The standard InChI is InChI=1S/C11H14ClN3/c1-2-11-14-9(3-5-13)10-7-8(12)4-6-15(10)11/h4,6-7H,2-3,5,13H2,1H3. The third-order valence-corrected chi connectivity index (χ3v) is 2.69. The molecular weight excluding hydrogens is 210 g/mol. The van der Waals surface area contributed by atoms with Crippen LogP contribution in [-0.4, -0.2) is 15.9 Å². The Morgan fingerprint density at radius 1 is 1.53 bits per heavy atom. The van der Waals surface area contributed by atoms with E-state index in [1.165, 1.54) is 0 Å². The van der Waals surface area contributed by atoms with Gasteiger partial charge in [0.25, 0.3) is 0 Å². The number of nitrogens with two attached hydrogens (primary N) is 1. The van der Waals surface area contributed by atoms with E-state index >= 15 is 0 Å². The molecule has 15 heavy (non-hydrogen) atoms. The number of aromatic nitrogens is 2. The molecule has 3 nitrogen and oxygen atoms in total. The van der Waals surface area contributed by atoms with Gasteiger partial charge in [0.1, 0.15) is 5.82 Å². The molecule has 0 spiro atoms. The van der Waals surface area contributed by atoms with E-state index in [2.05, 4.69) is 16.3 Å². The second-order valence-electron chi connectivity index (χ2n) is 3.47. The lowest BCUT2D eigenvalue weighted by Gasteiger charge is -1.98. The first kappa shape index (κ1) is 10.5. The van der Waals surface area contributed by atoms with Crippen molar-refractivity contribution in [3.63, 3.8) is 0 Å². The number of nitrogens with zero attached hydrogens (tertiary/aromatic N) is 2. The van der Waals surface area contributed by atoms with E-state index in [9.17, 15) is 0 Å². The van der Waals surface area contributed by atoms with Gasteiger partial charge < -0.3 is 10.1 Å². The number of imidazole rings is 1. The smallest absolute Gasteiger partial charge is 0.113 e. The van der Waals surface area contributed by atoms with Crippen LogP contribution in [0.3, 0.4) is 0 Å². The molecule has 2 aromatic rings. The Morgan fingerprint density at radius 3 is 3.00 bits per heavy atom. The quantitative estimate of drug-likeness (QED) is 0.866. The molecule has 0 aliphatic heterocycles. The van der Waals surface area contributed by atoms with Crippen LogP contribution in [0.2, 0.25) is 5.02 Å². The van der Waals surface area contributed by atoms with Crippen LogP contribution in [0.25, 0.3) is 5.52 Å².